The first kappa shape index (κ1) is 13.9. The molecule has 1 heterocycles. The smallest absolute Gasteiger partial charge is 0.317 e. The molecule has 0 amide bonds. The van der Waals surface area contributed by atoms with Gasteiger partial charge in [0.25, 0.3) is 0 Å². The molecule has 1 aromatic heterocycles. The monoisotopic (exact) mass is 269 g/mol. The molecule has 102 valence electrons. The van der Waals surface area contributed by atoms with Crippen molar-refractivity contribution in [1.29, 1.82) is 0 Å². The van der Waals surface area contributed by atoms with Crippen LogP contribution in [0, 0.1) is 12.3 Å². The number of hydrogen-bond donors (Lipinski definition) is 1. The summed E-state index contributed by atoms with van der Waals surface area (Å²) in [5.41, 5.74) is 0.943. The number of nitrogens with zero attached hydrogens (tertiary/aromatic N) is 1. The summed E-state index contributed by atoms with van der Waals surface area (Å²) < 4.78 is 5.46. The van der Waals surface area contributed by atoms with Gasteiger partial charge in [-0.1, -0.05) is 36.3 Å². The van der Waals surface area contributed by atoms with Crippen LogP contribution < -0.4 is 0 Å². The fraction of sp³-hybridized carbons (Fsp3) is 0.188. The van der Waals surface area contributed by atoms with E-state index < -0.39 is 5.97 Å². The highest BCUT2D eigenvalue weighted by molar-refractivity contribution is 5.69. The Balaban J connectivity index is 2.40. The highest BCUT2D eigenvalue weighted by atomic mass is 16.4. The lowest BCUT2D eigenvalue weighted by Crippen LogP contribution is -2.34. The van der Waals surface area contributed by atoms with Crippen molar-refractivity contribution in [2.45, 2.75) is 6.04 Å². The van der Waals surface area contributed by atoms with Crippen molar-refractivity contribution in [2.75, 3.05) is 13.1 Å². The Kier molecular flexibility index (Phi) is 4.59. The summed E-state index contributed by atoms with van der Waals surface area (Å²) in [4.78, 5) is 12.7. The first-order valence-corrected chi connectivity index (χ1v) is 6.20. The number of carboxylic acids is 1. The normalized spacial score (nSPS) is 12.0. The van der Waals surface area contributed by atoms with Crippen molar-refractivity contribution < 1.29 is 14.3 Å². The van der Waals surface area contributed by atoms with E-state index in [1.807, 2.05) is 36.4 Å². The van der Waals surface area contributed by atoms with Crippen LogP contribution in [0.15, 0.2) is 53.1 Å². The minimum Gasteiger partial charge on any atom is -0.480 e. The Hall–Kier alpha value is -2.51. The van der Waals surface area contributed by atoms with Crippen molar-refractivity contribution in [3.8, 4) is 12.3 Å². The van der Waals surface area contributed by atoms with Gasteiger partial charge in [-0.2, -0.15) is 0 Å². The number of aliphatic carboxylic acids is 1. The standard InChI is InChI=1S/C16H15NO3/c1-2-10-17(12-15(18)19)16(14-9-6-11-20-14)13-7-4-3-5-8-13/h1,3-9,11,16H,10,12H2,(H,18,19). The maximum atomic E-state index is 11.0. The van der Waals surface area contributed by atoms with Crippen LogP contribution >= 0.6 is 0 Å². The van der Waals surface area contributed by atoms with E-state index in [1.54, 1.807) is 17.2 Å². The molecule has 0 spiro atoms. The molecule has 0 fully saturated rings. The number of terminal acetylenes is 1. The van der Waals surface area contributed by atoms with Gasteiger partial charge in [0, 0.05) is 0 Å². The fourth-order valence-corrected chi connectivity index (χ4v) is 2.17. The molecule has 0 saturated carbocycles. The van der Waals surface area contributed by atoms with E-state index in [0.29, 0.717) is 5.76 Å². The van der Waals surface area contributed by atoms with Crippen LogP contribution in [0.5, 0.6) is 0 Å². The Bertz CT molecular complexity index is 584. The van der Waals surface area contributed by atoms with E-state index in [0.717, 1.165) is 5.56 Å². The number of benzene rings is 1. The van der Waals surface area contributed by atoms with Crippen LogP contribution in [0.4, 0.5) is 0 Å². The molecule has 2 aromatic rings. The minimum atomic E-state index is -0.923. The molecular formula is C16H15NO3. The topological polar surface area (TPSA) is 53.7 Å². The van der Waals surface area contributed by atoms with Crippen molar-refractivity contribution in [1.82, 2.24) is 4.90 Å². The number of carboxylic acid groups (broad SMARTS) is 1. The molecule has 0 aliphatic rings. The van der Waals surface area contributed by atoms with E-state index in [9.17, 15) is 4.79 Å². The summed E-state index contributed by atoms with van der Waals surface area (Å²) in [5, 5.41) is 9.06. The molecule has 0 saturated heterocycles. The fourth-order valence-electron chi connectivity index (χ4n) is 2.17. The van der Waals surface area contributed by atoms with Gasteiger partial charge in [-0.05, 0) is 17.7 Å². The van der Waals surface area contributed by atoms with Gasteiger partial charge in [-0.25, -0.2) is 0 Å². The highest BCUT2D eigenvalue weighted by Crippen LogP contribution is 2.28. The third-order valence-corrected chi connectivity index (χ3v) is 2.93. The summed E-state index contributed by atoms with van der Waals surface area (Å²) in [7, 11) is 0. The Morgan fingerprint density at radius 2 is 2.05 bits per heavy atom. The summed E-state index contributed by atoms with van der Waals surface area (Å²) >= 11 is 0. The van der Waals surface area contributed by atoms with Crippen molar-refractivity contribution in [3.63, 3.8) is 0 Å². The summed E-state index contributed by atoms with van der Waals surface area (Å²) in [6.45, 7) is 0.0804. The van der Waals surface area contributed by atoms with E-state index in [1.165, 1.54) is 0 Å². The average Bonchev–Trinajstić information content (AvgIpc) is 2.94. The van der Waals surface area contributed by atoms with Gasteiger partial charge in [0.05, 0.1) is 25.4 Å². The van der Waals surface area contributed by atoms with Crippen LogP contribution in [0.1, 0.15) is 17.4 Å². The van der Waals surface area contributed by atoms with Gasteiger partial charge >= 0.3 is 5.97 Å². The third kappa shape index (κ3) is 3.28. The average molecular weight is 269 g/mol. The zero-order valence-electron chi connectivity index (χ0n) is 10.9. The molecule has 0 radical (unpaired) electrons. The Morgan fingerprint density at radius 1 is 1.30 bits per heavy atom. The predicted octanol–water partition coefficient (Wildman–Crippen LogP) is 2.39. The molecule has 4 heteroatoms. The maximum Gasteiger partial charge on any atom is 0.317 e. The molecule has 1 aromatic carbocycles. The molecule has 0 bridgehead atoms. The van der Waals surface area contributed by atoms with Crippen molar-refractivity contribution >= 4 is 5.97 Å². The molecular weight excluding hydrogens is 254 g/mol. The molecule has 0 aliphatic heterocycles. The summed E-state index contributed by atoms with van der Waals surface area (Å²) in [6, 6.07) is 12.9. The number of furan rings is 1. The Labute approximate surface area is 117 Å². The summed E-state index contributed by atoms with van der Waals surface area (Å²) in [5.74, 6) is 2.26. The van der Waals surface area contributed by atoms with Gasteiger partial charge in [-0.3, -0.25) is 9.69 Å². The van der Waals surface area contributed by atoms with Crippen LogP contribution in [0.3, 0.4) is 0 Å². The molecule has 1 N–H and O–H groups in total. The van der Waals surface area contributed by atoms with Gasteiger partial charge in [0.2, 0.25) is 0 Å². The molecule has 2 rings (SSSR count). The van der Waals surface area contributed by atoms with Gasteiger partial charge < -0.3 is 9.52 Å². The number of rotatable bonds is 6. The molecule has 20 heavy (non-hydrogen) atoms. The minimum absolute atomic E-state index is 0.148. The van der Waals surface area contributed by atoms with E-state index in [2.05, 4.69) is 5.92 Å². The molecule has 1 atom stereocenters. The quantitative estimate of drug-likeness (QED) is 0.818. The lowest BCUT2D eigenvalue weighted by atomic mass is 10.0. The number of hydrogen-bond acceptors (Lipinski definition) is 3. The lowest BCUT2D eigenvalue weighted by Gasteiger charge is -2.27. The van der Waals surface area contributed by atoms with Crippen molar-refractivity contribution in [2.24, 2.45) is 0 Å². The predicted molar refractivity (Wildman–Crippen MR) is 75.0 cm³/mol. The van der Waals surface area contributed by atoms with Crippen LogP contribution in [-0.4, -0.2) is 29.1 Å². The first-order chi connectivity index (χ1) is 9.72. The van der Waals surface area contributed by atoms with Gasteiger partial charge in [0.1, 0.15) is 5.76 Å². The third-order valence-electron chi connectivity index (χ3n) is 2.93. The number of carbonyl (C=O) groups is 1. The van der Waals surface area contributed by atoms with Gasteiger partial charge in [0.15, 0.2) is 0 Å². The van der Waals surface area contributed by atoms with E-state index in [-0.39, 0.29) is 19.1 Å². The highest BCUT2D eigenvalue weighted by Gasteiger charge is 2.25. The second-order valence-electron chi connectivity index (χ2n) is 4.33. The van der Waals surface area contributed by atoms with Crippen LogP contribution in [0.25, 0.3) is 0 Å². The second-order valence-corrected chi connectivity index (χ2v) is 4.33. The molecule has 1 unspecified atom stereocenters. The molecule has 0 aliphatic carbocycles. The summed E-state index contributed by atoms with van der Waals surface area (Å²) in [6.07, 6.45) is 6.93. The Morgan fingerprint density at radius 3 is 2.60 bits per heavy atom. The SMILES string of the molecule is C#CCN(CC(=O)O)C(c1ccccc1)c1ccco1. The van der Waals surface area contributed by atoms with E-state index >= 15 is 0 Å². The zero-order valence-corrected chi connectivity index (χ0v) is 10.9. The maximum absolute atomic E-state index is 11.0. The zero-order chi connectivity index (χ0) is 14.4. The van der Waals surface area contributed by atoms with Crippen LogP contribution in [0.2, 0.25) is 0 Å². The van der Waals surface area contributed by atoms with Gasteiger partial charge in [-0.15, -0.1) is 6.42 Å². The lowest BCUT2D eigenvalue weighted by molar-refractivity contribution is -0.138. The largest absolute Gasteiger partial charge is 0.480 e. The van der Waals surface area contributed by atoms with Crippen molar-refractivity contribution in [3.05, 3.63) is 60.1 Å². The molecule has 4 nitrogen and oxygen atoms in total. The first-order valence-electron chi connectivity index (χ1n) is 6.20. The van der Waals surface area contributed by atoms with E-state index in [4.69, 9.17) is 15.9 Å². The van der Waals surface area contributed by atoms with Crippen LogP contribution in [-0.2, 0) is 4.79 Å². The second kappa shape index (κ2) is 6.60.